The molecule has 0 amide bonds. The number of pyridine rings is 1. The lowest BCUT2D eigenvalue weighted by molar-refractivity contribution is 0.594. The number of rotatable bonds is 0. The molecule has 1 unspecified atom stereocenters. The highest BCUT2D eigenvalue weighted by Crippen LogP contribution is 2.39. The number of nitrogens with two attached hydrogens (primary N) is 1. The van der Waals surface area contributed by atoms with E-state index in [0.29, 0.717) is 16.9 Å². The summed E-state index contributed by atoms with van der Waals surface area (Å²) in [5.74, 6) is 0. The Morgan fingerprint density at radius 3 is 2.85 bits per heavy atom. The molecule has 13 heavy (non-hydrogen) atoms. The summed E-state index contributed by atoms with van der Waals surface area (Å²) in [6.07, 6.45) is 2.95. The Hall–Kier alpha value is -1.30. The second-order valence-electron chi connectivity index (χ2n) is 2.98. The first-order chi connectivity index (χ1) is 6.02. The van der Waals surface area contributed by atoms with Crippen LogP contribution >= 0.6 is 0 Å². The average Bonchev–Trinajstić information content (AvgIpc) is 2.28. The Balaban J connectivity index is 2.69. The SMILES string of the molecule is CC1c2cncc(N)c2NS1(=O)=O. The molecule has 1 aromatic heterocycles. The number of hydrogen-bond donors (Lipinski definition) is 2. The fraction of sp³-hybridized carbons (Fsp3) is 0.286. The number of aromatic nitrogens is 1. The van der Waals surface area contributed by atoms with Gasteiger partial charge in [-0.15, -0.1) is 0 Å². The first-order valence-electron chi connectivity index (χ1n) is 3.77. The van der Waals surface area contributed by atoms with Gasteiger partial charge in [0.15, 0.2) is 0 Å². The number of nitrogen functional groups attached to an aromatic ring is 1. The maximum Gasteiger partial charge on any atom is 0.239 e. The summed E-state index contributed by atoms with van der Waals surface area (Å²) in [7, 11) is -3.28. The van der Waals surface area contributed by atoms with E-state index in [9.17, 15) is 8.42 Å². The van der Waals surface area contributed by atoms with Crippen molar-refractivity contribution in [3.8, 4) is 0 Å². The third-order valence-corrected chi connectivity index (χ3v) is 3.83. The van der Waals surface area contributed by atoms with Crippen molar-refractivity contribution in [1.82, 2.24) is 4.98 Å². The van der Waals surface area contributed by atoms with E-state index in [1.807, 2.05) is 0 Å². The van der Waals surface area contributed by atoms with Gasteiger partial charge in [0.25, 0.3) is 0 Å². The van der Waals surface area contributed by atoms with E-state index in [4.69, 9.17) is 5.73 Å². The lowest BCUT2D eigenvalue weighted by Crippen LogP contribution is -2.10. The summed E-state index contributed by atoms with van der Waals surface area (Å²) < 4.78 is 25.2. The Kier molecular flexibility index (Phi) is 1.50. The van der Waals surface area contributed by atoms with E-state index >= 15 is 0 Å². The van der Waals surface area contributed by atoms with Crippen LogP contribution in [0.15, 0.2) is 12.4 Å². The number of fused-ring (bicyclic) bond motifs is 1. The molecule has 1 aliphatic rings. The molecular weight excluding hydrogens is 190 g/mol. The first kappa shape index (κ1) is 8.31. The van der Waals surface area contributed by atoms with Gasteiger partial charge in [-0.05, 0) is 6.92 Å². The number of nitrogens with one attached hydrogen (secondary N) is 1. The predicted octanol–water partition coefficient (Wildman–Crippen LogP) is 0.480. The van der Waals surface area contributed by atoms with Crippen molar-refractivity contribution in [3.63, 3.8) is 0 Å². The summed E-state index contributed by atoms with van der Waals surface area (Å²) in [6.45, 7) is 1.61. The van der Waals surface area contributed by atoms with Crippen LogP contribution in [-0.4, -0.2) is 13.4 Å². The standard InChI is InChI=1S/C7H9N3O2S/c1-4-5-2-9-3-6(8)7(5)10-13(4,11)12/h2-4,10H,8H2,1H3. The summed E-state index contributed by atoms with van der Waals surface area (Å²) in [4.78, 5) is 3.84. The Labute approximate surface area is 76.0 Å². The molecule has 1 aliphatic heterocycles. The van der Waals surface area contributed by atoms with Crippen LogP contribution in [0.25, 0.3) is 0 Å². The number of nitrogens with zero attached hydrogens (tertiary/aromatic N) is 1. The highest BCUT2D eigenvalue weighted by atomic mass is 32.2. The van der Waals surface area contributed by atoms with E-state index in [1.165, 1.54) is 12.4 Å². The van der Waals surface area contributed by atoms with Gasteiger partial charge in [0.2, 0.25) is 10.0 Å². The molecule has 0 aliphatic carbocycles. The number of anilines is 2. The Morgan fingerprint density at radius 2 is 2.23 bits per heavy atom. The van der Waals surface area contributed by atoms with Gasteiger partial charge in [-0.2, -0.15) is 0 Å². The summed E-state index contributed by atoms with van der Waals surface area (Å²) in [5.41, 5.74) is 7.05. The zero-order valence-corrected chi connectivity index (χ0v) is 7.80. The minimum atomic E-state index is -3.28. The van der Waals surface area contributed by atoms with Crippen molar-refractivity contribution in [2.24, 2.45) is 0 Å². The van der Waals surface area contributed by atoms with Gasteiger partial charge in [0.05, 0.1) is 17.6 Å². The minimum Gasteiger partial charge on any atom is -0.396 e. The van der Waals surface area contributed by atoms with E-state index in [0.717, 1.165) is 0 Å². The van der Waals surface area contributed by atoms with Crippen LogP contribution in [-0.2, 0) is 10.0 Å². The third kappa shape index (κ3) is 1.06. The van der Waals surface area contributed by atoms with Crippen molar-refractivity contribution in [2.45, 2.75) is 12.2 Å². The topological polar surface area (TPSA) is 85.1 Å². The number of sulfonamides is 1. The van der Waals surface area contributed by atoms with Crippen LogP contribution in [0.1, 0.15) is 17.7 Å². The third-order valence-electron chi connectivity index (χ3n) is 2.15. The summed E-state index contributed by atoms with van der Waals surface area (Å²) >= 11 is 0. The van der Waals surface area contributed by atoms with Gasteiger partial charge in [0, 0.05) is 11.8 Å². The monoisotopic (exact) mass is 199 g/mol. The van der Waals surface area contributed by atoms with Crippen LogP contribution in [0.2, 0.25) is 0 Å². The van der Waals surface area contributed by atoms with E-state index in [-0.39, 0.29) is 0 Å². The van der Waals surface area contributed by atoms with Crippen molar-refractivity contribution in [1.29, 1.82) is 0 Å². The van der Waals surface area contributed by atoms with Crippen molar-refractivity contribution >= 4 is 21.4 Å². The lowest BCUT2D eigenvalue weighted by atomic mass is 10.2. The molecule has 0 saturated heterocycles. The quantitative estimate of drug-likeness (QED) is 0.636. The fourth-order valence-electron chi connectivity index (χ4n) is 1.32. The molecule has 0 fully saturated rings. The van der Waals surface area contributed by atoms with Crippen molar-refractivity contribution in [3.05, 3.63) is 18.0 Å². The maximum absolute atomic E-state index is 11.4. The fourth-order valence-corrected chi connectivity index (χ4v) is 2.53. The van der Waals surface area contributed by atoms with Gasteiger partial charge < -0.3 is 5.73 Å². The zero-order chi connectivity index (χ0) is 9.64. The number of hydrogen-bond acceptors (Lipinski definition) is 4. The van der Waals surface area contributed by atoms with Crippen molar-refractivity contribution in [2.75, 3.05) is 10.5 Å². The molecule has 2 heterocycles. The lowest BCUT2D eigenvalue weighted by Gasteiger charge is -2.00. The molecule has 70 valence electrons. The smallest absolute Gasteiger partial charge is 0.239 e. The molecule has 0 saturated carbocycles. The van der Waals surface area contributed by atoms with E-state index in [1.54, 1.807) is 6.92 Å². The minimum absolute atomic E-state index is 0.366. The molecular formula is C7H9N3O2S. The van der Waals surface area contributed by atoms with E-state index < -0.39 is 15.3 Å². The molecule has 2 rings (SSSR count). The molecule has 0 bridgehead atoms. The molecule has 0 radical (unpaired) electrons. The largest absolute Gasteiger partial charge is 0.396 e. The molecule has 1 atom stereocenters. The normalized spacial score (nSPS) is 23.6. The second-order valence-corrected chi connectivity index (χ2v) is 4.98. The molecule has 6 heteroatoms. The summed E-state index contributed by atoms with van der Waals surface area (Å²) in [5, 5.41) is -0.571. The molecule has 3 N–H and O–H groups in total. The van der Waals surface area contributed by atoms with Crippen molar-refractivity contribution < 1.29 is 8.42 Å². The van der Waals surface area contributed by atoms with Crippen LogP contribution in [0.5, 0.6) is 0 Å². The predicted molar refractivity (Wildman–Crippen MR) is 49.6 cm³/mol. The highest BCUT2D eigenvalue weighted by Gasteiger charge is 2.33. The first-order valence-corrected chi connectivity index (χ1v) is 5.32. The highest BCUT2D eigenvalue weighted by molar-refractivity contribution is 7.93. The Morgan fingerprint density at radius 1 is 1.54 bits per heavy atom. The molecule has 0 spiro atoms. The van der Waals surface area contributed by atoms with Gasteiger partial charge in [-0.3, -0.25) is 9.71 Å². The van der Waals surface area contributed by atoms with Gasteiger partial charge in [-0.1, -0.05) is 0 Å². The average molecular weight is 199 g/mol. The van der Waals surface area contributed by atoms with Crippen LogP contribution in [0.4, 0.5) is 11.4 Å². The van der Waals surface area contributed by atoms with E-state index in [2.05, 4.69) is 9.71 Å². The molecule has 1 aromatic rings. The second kappa shape index (κ2) is 2.35. The van der Waals surface area contributed by atoms with Gasteiger partial charge in [0.1, 0.15) is 5.25 Å². The Bertz CT molecular complexity index is 455. The van der Waals surface area contributed by atoms with Crippen LogP contribution in [0, 0.1) is 0 Å². The van der Waals surface area contributed by atoms with Gasteiger partial charge in [-0.25, -0.2) is 8.42 Å². The molecule has 5 nitrogen and oxygen atoms in total. The van der Waals surface area contributed by atoms with Gasteiger partial charge >= 0.3 is 0 Å². The molecule has 0 aromatic carbocycles. The van der Waals surface area contributed by atoms with Crippen LogP contribution < -0.4 is 10.5 Å². The summed E-state index contributed by atoms with van der Waals surface area (Å²) in [6, 6.07) is 0. The zero-order valence-electron chi connectivity index (χ0n) is 6.98. The maximum atomic E-state index is 11.4. The van der Waals surface area contributed by atoms with Crippen LogP contribution in [0.3, 0.4) is 0 Å².